The van der Waals surface area contributed by atoms with Gasteiger partial charge in [-0.1, -0.05) is 46.3 Å². The third-order valence-electron chi connectivity index (χ3n) is 8.52. The van der Waals surface area contributed by atoms with E-state index in [2.05, 4.69) is 101 Å². The number of nitrogens with one attached hydrogen (secondary N) is 2. The van der Waals surface area contributed by atoms with Crippen LogP contribution in [0.15, 0.2) is 88.3 Å². The molecule has 0 aliphatic carbocycles. The molecule has 8 aromatic rings. The first-order chi connectivity index (χ1) is 28.4. The van der Waals surface area contributed by atoms with Crippen LogP contribution in [0.2, 0.25) is 0 Å². The van der Waals surface area contributed by atoms with Crippen molar-refractivity contribution in [3.63, 3.8) is 0 Å². The molecule has 6 aromatic heterocycles. The maximum absolute atomic E-state index is 11.8. The Hall–Kier alpha value is -5.78. The Bertz CT molecular complexity index is 2730. The Balaban J connectivity index is 0.000000178. The van der Waals surface area contributed by atoms with Gasteiger partial charge in [-0.3, -0.25) is 9.36 Å². The Morgan fingerprint density at radius 1 is 0.700 bits per heavy atom. The second kappa shape index (κ2) is 18.6. The number of rotatable bonds is 7. The molecule has 0 radical (unpaired) electrons. The van der Waals surface area contributed by atoms with E-state index in [4.69, 9.17) is 20.9 Å². The van der Waals surface area contributed by atoms with Crippen LogP contribution in [-0.4, -0.2) is 66.0 Å². The van der Waals surface area contributed by atoms with Crippen LogP contribution < -0.4 is 22.1 Å². The number of ether oxygens (including phenoxy) is 2. The first-order valence-electron chi connectivity index (χ1n) is 19.2. The average molecular weight is 914 g/mol. The first-order valence-corrected chi connectivity index (χ1v) is 21.7. The fraction of sp³-hybridized carbons (Fsp3) is 0.302. The van der Waals surface area contributed by atoms with E-state index in [9.17, 15) is 9.59 Å². The number of hydrogen-bond acceptors (Lipinski definition) is 12. The minimum Gasteiger partial charge on any atom is -0.444 e. The van der Waals surface area contributed by atoms with Crippen LogP contribution in [0.4, 0.5) is 21.2 Å². The molecule has 0 aliphatic rings. The third kappa shape index (κ3) is 11.7. The highest BCUT2D eigenvalue weighted by Crippen LogP contribution is 2.32. The van der Waals surface area contributed by atoms with Crippen LogP contribution >= 0.6 is 38.6 Å². The monoisotopic (exact) mass is 912 g/mol. The van der Waals surface area contributed by atoms with Gasteiger partial charge in [0.2, 0.25) is 0 Å². The molecule has 0 saturated carbocycles. The molecule has 0 saturated heterocycles. The number of aromatic nitrogens is 6. The molecule has 60 heavy (non-hydrogen) atoms. The van der Waals surface area contributed by atoms with Gasteiger partial charge in [0, 0.05) is 61.3 Å². The summed E-state index contributed by atoms with van der Waals surface area (Å²) in [7, 11) is 0. The quantitative estimate of drug-likeness (QED) is 0.120. The van der Waals surface area contributed by atoms with E-state index in [1.54, 1.807) is 32.0 Å². The van der Waals surface area contributed by atoms with Crippen LogP contribution in [0.3, 0.4) is 0 Å². The molecule has 0 spiro atoms. The normalized spacial score (nSPS) is 11.5. The predicted molar refractivity (Wildman–Crippen MR) is 247 cm³/mol. The standard InChI is InChI=1S/C21H23N5O2S.C17H20BrN5O2.C5H6S/c1-21(2,3)28-20(27)23-8-9-26-12-15-14-7-6-13(17-5-4-10-29-17)11-16(14)24-19(22)18(15)25-26;1-17(2,3)25-16(24)20-6-7-23-9-12-11-5-4-10(18)8-13(11)21-15(19)14(12)22-23;1-5-3-2-4-6-5/h4-7,10-12H,8-9H2,1-3H3,(H2,22,24)(H,23,27);4-5,8-9H,6-7H2,1-3H3,(H2,19,21)(H,20,24);2-4H,1H3. The fourth-order valence-corrected chi connectivity index (χ4v) is 7.62. The molecule has 0 aliphatic heterocycles. The number of amides is 2. The van der Waals surface area contributed by atoms with Crippen LogP contribution in [0.25, 0.3) is 54.1 Å². The van der Waals surface area contributed by atoms with Crippen LogP contribution in [0.5, 0.6) is 0 Å². The predicted octanol–water partition coefficient (Wildman–Crippen LogP) is 9.93. The molecular weight excluding hydrogens is 865 g/mol. The second-order valence-electron chi connectivity index (χ2n) is 15.8. The number of carbonyl (C=O) groups is 2. The molecule has 314 valence electrons. The number of benzene rings is 2. The summed E-state index contributed by atoms with van der Waals surface area (Å²) in [6.45, 7) is 14.9. The molecular formula is C43H49BrN10O4S2. The zero-order valence-electron chi connectivity index (χ0n) is 34.6. The highest BCUT2D eigenvalue weighted by molar-refractivity contribution is 9.10. The summed E-state index contributed by atoms with van der Waals surface area (Å²) in [5.41, 5.74) is 15.3. The largest absolute Gasteiger partial charge is 0.444 e. The number of nitrogens with zero attached hydrogens (tertiary/aromatic N) is 6. The lowest BCUT2D eigenvalue weighted by molar-refractivity contribution is 0.0514. The van der Waals surface area contributed by atoms with Crippen molar-refractivity contribution in [3.8, 4) is 10.4 Å². The van der Waals surface area contributed by atoms with Gasteiger partial charge in [-0.05, 0) is 95.1 Å². The number of hydrogen-bond donors (Lipinski definition) is 4. The summed E-state index contributed by atoms with van der Waals surface area (Å²) in [5.74, 6) is 0.786. The van der Waals surface area contributed by atoms with Gasteiger partial charge in [0.05, 0.1) is 24.1 Å². The van der Waals surface area contributed by atoms with Gasteiger partial charge in [-0.25, -0.2) is 19.6 Å². The second-order valence-corrected chi connectivity index (χ2v) is 18.8. The summed E-state index contributed by atoms with van der Waals surface area (Å²) >= 11 is 6.91. The number of aryl methyl sites for hydroxylation is 1. The Labute approximate surface area is 364 Å². The number of pyridine rings is 2. The Morgan fingerprint density at radius 2 is 1.20 bits per heavy atom. The maximum Gasteiger partial charge on any atom is 0.407 e. The molecule has 0 fully saturated rings. The minimum atomic E-state index is -0.522. The molecule has 0 bridgehead atoms. The number of halogens is 1. The van der Waals surface area contributed by atoms with E-state index in [-0.39, 0.29) is 0 Å². The van der Waals surface area contributed by atoms with Gasteiger partial charge in [0.25, 0.3) is 0 Å². The summed E-state index contributed by atoms with van der Waals surface area (Å²) < 4.78 is 14.9. The number of anilines is 2. The lowest BCUT2D eigenvalue weighted by Gasteiger charge is -2.19. The zero-order chi connectivity index (χ0) is 43.2. The first kappa shape index (κ1) is 43.8. The summed E-state index contributed by atoms with van der Waals surface area (Å²) in [5, 5.41) is 22.5. The lowest BCUT2D eigenvalue weighted by Crippen LogP contribution is -2.34. The molecule has 8 rings (SSSR count). The molecule has 0 unspecified atom stereocenters. The number of thiophene rings is 2. The van der Waals surface area contributed by atoms with Crippen LogP contribution in [-0.2, 0) is 22.6 Å². The topological polar surface area (TPSA) is 190 Å². The van der Waals surface area contributed by atoms with Gasteiger partial charge in [-0.2, -0.15) is 10.2 Å². The van der Waals surface area contributed by atoms with Crippen molar-refractivity contribution in [3.05, 3.63) is 93.2 Å². The smallest absolute Gasteiger partial charge is 0.407 e. The molecule has 2 amide bonds. The van der Waals surface area contributed by atoms with Gasteiger partial charge < -0.3 is 31.6 Å². The van der Waals surface area contributed by atoms with E-state index in [1.165, 1.54) is 9.75 Å². The maximum atomic E-state index is 11.8. The molecule has 6 N–H and O–H groups in total. The lowest BCUT2D eigenvalue weighted by atomic mass is 10.1. The van der Waals surface area contributed by atoms with Crippen molar-refractivity contribution >= 4 is 106 Å². The van der Waals surface area contributed by atoms with Crippen LogP contribution in [0.1, 0.15) is 46.4 Å². The van der Waals surface area contributed by atoms with Crippen molar-refractivity contribution in [2.24, 2.45) is 0 Å². The van der Waals surface area contributed by atoms with Crippen molar-refractivity contribution in [2.75, 3.05) is 24.6 Å². The number of alkyl carbamates (subject to hydrolysis) is 2. The summed E-state index contributed by atoms with van der Waals surface area (Å²) in [6.07, 6.45) is 2.97. The van der Waals surface area contributed by atoms with Gasteiger partial charge in [0.1, 0.15) is 22.2 Å². The van der Waals surface area contributed by atoms with E-state index in [0.717, 1.165) is 42.6 Å². The Morgan fingerprint density at radius 3 is 1.65 bits per heavy atom. The van der Waals surface area contributed by atoms with E-state index in [1.807, 2.05) is 78.2 Å². The summed E-state index contributed by atoms with van der Waals surface area (Å²) in [6, 6.07) is 20.3. The third-order valence-corrected chi connectivity index (χ3v) is 10.7. The van der Waals surface area contributed by atoms with Crippen molar-refractivity contribution < 1.29 is 19.1 Å². The SMILES string of the molecule is CC(C)(C)OC(=O)NCCn1cc2c(n1)c(N)nc1cc(-c3cccs3)ccc12.CC(C)(C)OC(=O)NCCn1cc2c(n1)c(N)nc1cc(Br)ccc12.Cc1cccs1. The van der Waals surface area contributed by atoms with Crippen molar-refractivity contribution in [1.82, 2.24) is 40.2 Å². The molecule has 2 aromatic carbocycles. The summed E-state index contributed by atoms with van der Waals surface area (Å²) in [4.78, 5) is 35.0. The number of nitrogens with two attached hydrogens (primary N) is 2. The van der Waals surface area contributed by atoms with E-state index < -0.39 is 23.4 Å². The molecule has 6 heterocycles. The fourth-order valence-electron chi connectivity index (χ4n) is 6.02. The number of fused-ring (bicyclic) bond motifs is 6. The highest BCUT2D eigenvalue weighted by Gasteiger charge is 2.18. The van der Waals surface area contributed by atoms with Crippen molar-refractivity contribution in [1.29, 1.82) is 0 Å². The number of nitrogen functional groups attached to an aromatic ring is 2. The average Bonchev–Trinajstić information content (AvgIpc) is 3.99. The molecule has 17 heteroatoms. The molecule has 14 nitrogen and oxygen atoms in total. The van der Waals surface area contributed by atoms with Crippen molar-refractivity contribution in [2.45, 2.75) is 72.8 Å². The van der Waals surface area contributed by atoms with Gasteiger partial charge in [0.15, 0.2) is 11.6 Å². The number of carbonyl (C=O) groups excluding carboxylic acids is 2. The van der Waals surface area contributed by atoms with E-state index >= 15 is 0 Å². The van der Waals surface area contributed by atoms with Gasteiger partial charge >= 0.3 is 12.2 Å². The zero-order valence-corrected chi connectivity index (χ0v) is 37.8. The van der Waals surface area contributed by atoms with Gasteiger partial charge in [-0.15, -0.1) is 22.7 Å². The Kier molecular flexibility index (Phi) is 13.6. The van der Waals surface area contributed by atoms with Crippen LogP contribution in [0, 0.1) is 6.92 Å². The van der Waals surface area contributed by atoms with E-state index in [0.29, 0.717) is 48.8 Å². The molecule has 0 atom stereocenters. The highest BCUT2D eigenvalue weighted by atomic mass is 79.9. The minimum absolute atomic E-state index is 0.388.